The molecule has 0 unspecified atom stereocenters. The maximum Gasteiger partial charge on any atom is 0.269 e. The van der Waals surface area contributed by atoms with E-state index >= 15 is 0 Å². The molecule has 0 aliphatic carbocycles. The molecule has 1 aromatic rings. The van der Waals surface area contributed by atoms with Crippen molar-refractivity contribution < 1.29 is 14.5 Å². The molecule has 0 heterocycles. The summed E-state index contributed by atoms with van der Waals surface area (Å²) >= 11 is 0. The van der Waals surface area contributed by atoms with E-state index in [4.69, 9.17) is 0 Å². The number of non-ortho nitro benzene ring substituents is 1. The Morgan fingerprint density at radius 1 is 1.21 bits per heavy atom. The average molecular weight is 337 g/mol. The third kappa shape index (κ3) is 5.33. The van der Waals surface area contributed by atoms with Crippen LogP contribution in [0.1, 0.15) is 51.4 Å². The molecular formula is C17H27N3O4. The first-order valence-corrected chi connectivity index (χ1v) is 8.02. The first-order valence-electron chi connectivity index (χ1n) is 8.02. The SMILES string of the molecule is CC.CCCNC(=O)C(C)(C)N(C)C(=O)c1ccc([N+](=O)[O-])cc1. The van der Waals surface area contributed by atoms with Gasteiger partial charge in [0.15, 0.2) is 0 Å². The molecule has 134 valence electrons. The second-order valence-corrected chi connectivity index (χ2v) is 5.48. The minimum atomic E-state index is -1.02. The van der Waals surface area contributed by atoms with Gasteiger partial charge in [-0.15, -0.1) is 0 Å². The lowest BCUT2D eigenvalue weighted by Crippen LogP contribution is -2.55. The van der Waals surface area contributed by atoms with Crippen LogP contribution in [0.5, 0.6) is 0 Å². The number of hydrogen-bond donors (Lipinski definition) is 1. The lowest BCUT2D eigenvalue weighted by Gasteiger charge is -2.34. The molecule has 24 heavy (non-hydrogen) atoms. The fourth-order valence-electron chi connectivity index (χ4n) is 1.78. The van der Waals surface area contributed by atoms with Gasteiger partial charge in [-0.2, -0.15) is 0 Å². The lowest BCUT2D eigenvalue weighted by atomic mass is 10.0. The molecule has 0 bridgehead atoms. The molecular weight excluding hydrogens is 310 g/mol. The number of likely N-dealkylation sites (N-methyl/N-ethyl adjacent to an activating group) is 1. The first-order chi connectivity index (χ1) is 11.2. The molecule has 0 aromatic heterocycles. The molecule has 0 aliphatic heterocycles. The van der Waals surface area contributed by atoms with Crippen molar-refractivity contribution >= 4 is 17.5 Å². The molecule has 1 rings (SSSR count). The highest BCUT2D eigenvalue weighted by Crippen LogP contribution is 2.18. The second-order valence-electron chi connectivity index (χ2n) is 5.48. The minimum absolute atomic E-state index is 0.0841. The van der Waals surface area contributed by atoms with Gasteiger partial charge in [-0.1, -0.05) is 20.8 Å². The summed E-state index contributed by atoms with van der Waals surface area (Å²) in [5.41, 5.74) is -0.808. The molecule has 0 spiro atoms. The molecule has 1 aromatic carbocycles. The van der Waals surface area contributed by atoms with Crippen LogP contribution in [0.2, 0.25) is 0 Å². The number of benzene rings is 1. The minimum Gasteiger partial charge on any atom is -0.354 e. The van der Waals surface area contributed by atoms with Crippen molar-refractivity contribution in [3.8, 4) is 0 Å². The van der Waals surface area contributed by atoms with Gasteiger partial charge in [-0.25, -0.2) is 0 Å². The zero-order chi connectivity index (χ0) is 18.9. The lowest BCUT2D eigenvalue weighted by molar-refractivity contribution is -0.384. The van der Waals surface area contributed by atoms with Crippen LogP contribution < -0.4 is 5.32 Å². The van der Waals surface area contributed by atoms with Gasteiger partial charge in [0.1, 0.15) is 5.54 Å². The predicted molar refractivity (Wildman–Crippen MR) is 93.9 cm³/mol. The molecule has 0 fully saturated rings. The van der Waals surface area contributed by atoms with Gasteiger partial charge in [-0.3, -0.25) is 19.7 Å². The highest BCUT2D eigenvalue weighted by atomic mass is 16.6. The Morgan fingerprint density at radius 2 is 1.71 bits per heavy atom. The summed E-state index contributed by atoms with van der Waals surface area (Å²) in [4.78, 5) is 36.0. The quantitative estimate of drug-likeness (QED) is 0.638. The summed E-state index contributed by atoms with van der Waals surface area (Å²) in [5, 5.41) is 13.4. The van der Waals surface area contributed by atoms with E-state index in [1.54, 1.807) is 13.8 Å². The van der Waals surface area contributed by atoms with Crippen molar-refractivity contribution in [2.45, 2.75) is 46.6 Å². The molecule has 1 N–H and O–H groups in total. The summed E-state index contributed by atoms with van der Waals surface area (Å²) in [6, 6.07) is 5.31. The largest absolute Gasteiger partial charge is 0.354 e. The molecule has 0 atom stereocenters. The number of hydrogen-bond acceptors (Lipinski definition) is 4. The Morgan fingerprint density at radius 3 is 2.12 bits per heavy atom. The summed E-state index contributed by atoms with van der Waals surface area (Å²) in [5.74, 6) is -0.612. The molecule has 0 aliphatic rings. The fourth-order valence-corrected chi connectivity index (χ4v) is 1.78. The van der Waals surface area contributed by atoms with Gasteiger partial charge >= 0.3 is 0 Å². The number of nitro benzene ring substituents is 1. The van der Waals surface area contributed by atoms with Gasteiger partial charge in [0, 0.05) is 31.3 Å². The normalized spacial score (nSPS) is 10.2. The van der Waals surface area contributed by atoms with Crippen molar-refractivity contribution in [3.63, 3.8) is 0 Å². The summed E-state index contributed by atoms with van der Waals surface area (Å²) in [6.07, 6.45) is 0.807. The van der Waals surface area contributed by atoms with Crippen LogP contribution in [0.15, 0.2) is 24.3 Å². The van der Waals surface area contributed by atoms with Crippen molar-refractivity contribution in [2.75, 3.05) is 13.6 Å². The number of carbonyl (C=O) groups excluding carboxylic acids is 2. The van der Waals surface area contributed by atoms with Crippen LogP contribution in [0.3, 0.4) is 0 Å². The van der Waals surface area contributed by atoms with Crippen molar-refractivity contribution in [2.24, 2.45) is 0 Å². The number of rotatable bonds is 6. The monoisotopic (exact) mass is 337 g/mol. The summed E-state index contributed by atoms with van der Waals surface area (Å²) in [6.45, 7) is 9.80. The Hall–Kier alpha value is -2.44. The molecule has 2 amide bonds. The van der Waals surface area contributed by atoms with E-state index in [-0.39, 0.29) is 17.5 Å². The van der Waals surface area contributed by atoms with Crippen LogP contribution in [-0.4, -0.2) is 40.8 Å². The van der Waals surface area contributed by atoms with Crippen molar-refractivity contribution in [1.82, 2.24) is 10.2 Å². The Kier molecular flexibility index (Phi) is 8.66. The highest BCUT2D eigenvalue weighted by molar-refractivity contribution is 5.98. The molecule has 7 heteroatoms. The van der Waals surface area contributed by atoms with Crippen molar-refractivity contribution in [3.05, 3.63) is 39.9 Å². The second kappa shape index (κ2) is 9.64. The van der Waals surface area contributed by atoms with Crippen LogP contribution in [-0.2, 0) is 4.79 Å². The van der Waals surface area contributed by atoms with E-state index in [0.717, 1.165) is 6.42 Å². The molecule has 7 nitrogen and oxygen atoms in total. The van der Waals surface area contributed by atoms with E-state index in [0.29, 0.717) is 12.1 Å². The standard InChI is InChI=1S/C15H21N3O4.C2H6/c1-5-10-16-14(20)15(2,3)17(4)13(19)11-6-8-12(9-7-11)18(21)22;1-2/h6-9H,5,10H2,1-4H3,(H,16,20);1-2H3. The third-order valence-electron chi connectivity index (χ3n) is 3.56. The zero-order valence-corrected chi connectivity index (χ0v) is 15.3. The van der Waals surface area contributed by atoms with E-state index in [1.165, 1.54) is 36.2 Å². The maximum atomic E-state index is 12.4. The molecule has 0 saturated carbocycles. The Balaban J connectivity index is 0.00000254. The van der Waals surface area contributed by atoms with Crippen LogP contribution >= 0.6 is 0 Å². The van der Waals surface area contributed by atoms with Crippen LogP contribution in [0.4, 0.5) is 5.69 Å². The molecule has 0 radical (unpaired) electrons. The Labute approximate surface area is 143 Å². The summed E-state index contributed by atoms with van der Waals surface area (Å²) < 4.78 is 0. The zero-order valence-electron chi connectivity index (χ0n) is 15.3. The molecule has 0 saturated heterocycles. The van der Waals surface area contributed by atoms with Gasteiger partial charge in [0.25, 0.3) is 11.6 Å². The average Bonchev–Trinajstić information content (AvgIpc) is 2.59. The topological polar surface area (TPSA) is 92.6 Å². The smallest absolute Gasteiger partial charge is 0.269 e. The Bertz CT molecular complexity index is 568. The van der Waals surface area contributed by atoms with E-state index in [2.05, 4.69) is 5.32 Å². The number of carbonyl (C=O) groups is 2. The van der Waals surface area contributed by atoms with Gasteiger partial charge < -0.3 is 10.2 Å². The number of nitrogens with one attached hydrogen (secondary N) is 1. The van der Waals surface area contributed by atoms with E-state index in [1.807, 2.05) is 20.8 Å². The van der Waals surface area contributed by atoms with Crippen LogP contribution in [0, 0.1) is 10.1 Å². The number of amides is 2. The predicted octanol–water partition coefficient (Wildman–Crippen LogP) is 3.00. The van der Waals surface area contributed by atoms with E-state index < -0.39 is 10.5 Å². The van der Waals surface area contributed by atoms with Gasteiger partial charge in [-0.05, 0) is 32.4 Å². The highest BCUT2D eigenvalue weighted by Gasteiger charge is 2.35. The number of nitrogens with zero attached hydrogens (tertiary/aromatic N) is 2. The van der Waals surface area contributed by atoms with Crippen LogP contribution in [0.25, 0.3) is 0 Å². The number of nitro groups is 1. The van der Waals surface area contributed by atoms with Gasteiger partial charge in [0.2, 0.25) is 5.91 Å². The first kappa shape index (κ1) is 21.6. The third-order valence-corrected chi connectivity index (χ3v) is 3.56. The van der Waals surface area contributed by atoms with E-state index in [9.17, 15) is 19.7 Å². The van der Waals surface area contributed by atoms with Crippen molar-refractivity contribution in [1.29, 1.82) is 0 Å². The maximum absolute atomic E-state index is 12.4. The summed E-state index contributed by atoms with van der Waals surface area (Å²) in [7, 11) is 1.54. The van der Waals surface area contributed by atoms with Gasteiger partial charge in [0.05, 0.1) is 4.92 Å². The fraction of sp³-hybridized carbons (Fsp3) is 0.529.